The van der Waals surface area contributed by atoms with Gasteiger partial charge in [0.05, 0.1) is 12.5 Å². The maximum absolute atomic E-state index is 13.9. The van der Waals surface area contributed by atoms with Crippen LogP contribution < -0.4 is 10.6 Å². The molecule has 4 N–H and O–H groups in total. The minimum atomic E-state index is -1.47. The fourth-order valence-electron chi connectivity index (χ4n) is 3.97. The zero-order chi connectivity index (χ0) is 25.4. The van der Waals surface area contributed by atoms with E-state index in [9.17, 15) is 19.4 Å². The second-order valence-electron chi connectivity index (χ2n) is 8.14. The van der Waals surface area contributed by atoms with E-state index in [2.05, 4.69) is 30.6 Å². The number of halogens is 2. The van der Waals surface area contributed by atoms with Crippen LogP contribution in [0.4, 0.5) is 10.2 Å². The fourth-order valence-corrected chi connectivity index (χ4v) is 4.18. The highest BCUT2D eigenvalue weighted by molar-refractivity contribution is 6.30. The smallest absolute Gasteiger partial charge is 0.251 e. The molecule has 4 aromatic rings. The number of ether oxygens (including phenoxy) is 1. The molecule has 0 unspecified atom stereocenters. The Balaban J connectivity index is 1.58. The molecule has 0 saturated carbocycles. The standard InChI is InChI=1S/C23H21ClFN7O4/c1-26-22(35)18-16(33)17(34)23(36-18)32-10-29-15-20(28-7-11-3-2-4-13(24)5-11)30-19(31-21(15)32)12-6-14(25)9-27-8-12/h2-6,8-10,16-18,23,33-34H,7H2,1H3,(H,26,35)(H,28,30,31)/t16-,17-,18-,23-/m0/s1. The number of aromatic nitrogens is 5. The Morgan fingerprint density at radius 2 is 2.06 bits per heavy atom. The zero-order valence-corrected chi connectivity index (χ0v) is 19.6. The summed E-state index contributed by atoms with van der Waals surface area (Å²) in [6.45, 7) is 0.348. The molecule has 186 valence electrons. The van der Waals surface area contributed by atoms with E-state index in [0.29, 0.717) is 28.5 Å². The Morgan fingerprint density at radius 3 is 2.81 bits per heavy atom. The summed E-state index contributed by atoms with van der Waals surface area (Å²) < 4.78 is 21.0. The molecule has 4 heterocycles. The van der Waals surface area contributed by atoms with Crippen LogP contribution in [-0.4, -0.2) is 66.0 Å². The molecule has 4 atom stereocenters. The van der Waals surface area contributed by atoms with Crippen molar-refractivity contribution in [2.75, 3.05) is 12.4 Å². The highest BCUT2D eigenvalue weighted by Gasteiger charge is 2.47. The first kappa shape index (κ1) is 24.0. The number of imidazole rings is 1. The molecule has 1 aromatic carbocycles. The number of rotatable bonds is 6. The van der Waals surface area contributed by atoms with Gasteiger partial charge in [-0.15, -0.1) is 0 Å². The molecule has 1 saturated heterocycles. The Labute approximate surface area is 209 Å². The van der Waals surface area contributed by atoms with E-state index in [4.69, 9.17) is 16.3 Å². The first-order valence-corrected chi connectivity index (χ1v) is 11.3. The van der Waals surface area contributed by atoms with E-state index in [1.54, 1.807) is 12.1 Å². The van der Waals surface area contributed by atoms with E-state index in [1.165, 1.54) is 30.2 Å². The average Bonchev–Trinajstić information content (AvgIpc) is 3.43. The molecule has 0 aliphatic carbocycles. The highest BCUT2D eigenvalue weighted by atomic mass is 35.5. The van der Waals surface area contributed by atoms with Crippen molar-refractivity contribution in [1.29, 1.82) is 0 Å². The largest absolute Gasteiger partial charge is 0.387 e. The van der Waals surface area contributed by atoms with Gasteiger partial charge < -0.3 is 25.6 Å². The first-order valence-electron chi connectivity index (χ1n) is 10.9. The minimum absolute atomic E-state index is 0.140. The van der Waals surface area contributed by atoms with Crippen molar-refractivity contribution >= 4 is 34.5 Å². The number of hydrogen-bond donors (Lipinski definition) is 4. The molecular weight excluding hydrogens is 493 g/mol. The van der Waals surface area contributed by atoms with Crippen molar-refractivity contribution in [3.63, 3.8) is 0 Å². The summed E-state index contributed by atoms with van der Waals surface area (Å²) in [7, 11) is 1.40. The van der Waals surface area contributed by atoms with Gasteiger partial charge in [-0.2, -0.15) is 0 Å². The lowest BCUT2D eigenvalue weighted by Gasteiger charge is -2.17. The van der Waals surface area contributed by atoms with Gasteiger partial charge in [-0.3, -0.25) is 14.3 Å². The van der Waals surface area contributed by atoms with E-state index < -0.39 is 36.3 Å². The molecule has 11 nitrogen and oxygen atoms in total. The average molecular weight is 514 g/mol. The van der Waals surface area contributed by atoms with E-state index in [-0.39, 0.29) is 11.5 Å². The molecule has 1 fully saturated rings. The Hall–Kier alpha value is -3.71. The lowest BCUT2D eigenvalue weighted by molar-refractivity contribution is -0.137. The van der Waals surface area contributed by atoms with Crippen molar-refractivity contribution in [2.24, 2.45) is 0 Å². The van der Waals surface area contributed by atoms with Gasteiger partial charge in [-0.05, 0) is 23.8 Å². The van der Waals surface area contributed by atoms with Crippen LogP contribution in [-0.2, 0) is 16.1 Å². The number of fused-ring (bicyclic) bond motifs is 1. The zero-order valence-electron chi connectivity index (χ0n) is 18.8. The number of likely N-dealkylation sites (N-methyl/N-ethyl adjacent to an activating group) is 1. The monoisotopic (exact) mass is 513 g/mol. The molecule has 0 spiro atoms. The van der Waals surface area contributed by atoms with Gasteiger partial charge in [-0.1, -0.05) is 23.7 Å². The maximum atomic E-state index is 13.9. The number of anilines is 1. The number of benzene rings is 1. The second kappa shape index (κ2) is 9.74. The lowest BCUT2D eigenvalue weighted by Crippen LogP contribution is -2.41. The maximum Gasteiger partial charge on any atom is 0.251 e. The van der Waals surface area contributed by atoms with Crippen LogP contribution in [0, 0.1) is 5.82 Å². The summed E-state index contributed by atoms with van der Waals surface area (Å²) in [5.74, 6) is -0.683. The topological polar surface area (TPSA) is 147 Å². The van der Waals surface area contributed by atoms with Crippen LogP contribution in [0.1, 0.15) is 11.8 Å². The van der Waals surface area contributed by atoms with Crippen LogP contribution in [0.25, 0.3) is 22.6 Å². The molecule has 5 rings (SSSR count). The van der Waals surface area contributed by atoms with Crippen molar-refractivity contribution < 1.29 is 24.1 Å². The molecule has 1 amide bonds. The predicted molar refractivity (Wildman–Crippen MR) is 127 cm³/mol. The number of amides is 1. The normalized spacial score (nSPS) is 21.6. The van der Waals surface area contributed by atoms with Gasteiger partial charge in [0.1, 0.15) is 18.0 Å². The molecule has 36 heavy (non-hydrogen) atoms. The third-order valence-electron chi connectivity index (χ3n) is 5.75. The number of aliphatic hydroxyl groups excluding tert-OH is 2. The van der Waals surface area contributed by atoms with Gasteiger partial charge in [0.25, 0.3) is 5.91 Å². The quantitative estimate of drug-likeness (QED) is 0.302. The van der Waals surface area contributed by atoms with Crippen LogP contribution in [0.3, 0.4) is 0 Å². The number of aliphatic hydroxyl groups is 2. The van der Waals surface area contributed by atoms with Crippen LogP contribution in [0.2, 0.25) is 5.02 Å². The van der Waals surface area contributed by atoms with Gasteiger partial charge in [0.2, 0.25) is 0 Å². The summed E-state index contributed by atoms with van der Waals surface area (Å²) in [6, 6.07) is 8.50. The lowest BCUT2D eigenvalue weighted by atomic mass is 10.1. The van der Waals surface area contributed by atoms with Crippen molar-refractivity contribution in [2.45, 2.75) is 31.1 Å². The van der Waals surface area contributed by atoms with E-state index in [1.807, 2.05) is 12.1 Å². The molecule has 1 aliphatic heterocycles. The Bertz CT molecular complexity index is 1430. The Kier molecular flexibility index (Phi) is 6.49. The van der Waals surface area contributed by atoms with E-state index in [0.717, 1.165) is 11.8 Å². The third kappa shape index (κ3) is 4.46. The van der Waals surface area contributed by atoms with Gasteiger partial charge in [-0.25, -0.2) is 19.3 Å². The second-order valence-corrected chi connectivity index (χ2v) is 8.57. The molecule has 13 heteroatoms. The number of carbonyl (C=O) groups excluding carboxylic acids is 1. The van der Waals surface area contributed by atoms with Crippen LogP contribution in [0.5, 0.6) is 0 Å². The van der Waals surface area contributed by atoms with Gasteiger partial charge in [0, 0.05) is 30.4 Å². The summed E-state index contributed by atoms with van der Waals surface area (Å²) in [6.07, 6.45) is -1.53. The van der Waals surface area contributed by atoms with Crippen molar-refractivity contribution in [1.82, 2.24) is 29.8 Å². The van der Waals surface area contributed by atoms with Crippen LogP contribution in [0.15, 0.2) is 49.1 Å². The summed E-state index contributed by atoms with van der Waals surface area (Å²) in [4.78, 5) is 29.4. The molecule has 1 aliphatic rings. The number of carbonyl (C=O) groups is 1. The molecular formula is C23H21ClFN7O4. The van der Waals surface area contributed by atoms with Gasteiger partial charge in [0.15, 0.2) is 35.1 Å². The summed E-state index contributed by atoms with van der Waals surface area (Å²) >= 11 is 6.09. The molecule has 0 bridgehead atoms. The fraction of sp³-hybridized carbons (Fsp3) is 0.261. The highest BCUT2D eigenvalue weighted by Crippen LogP contribution is 2.33. The predicted octanol–water partition coefficient (Wildman–Crippen LogP) is 1.66. The molecule has 3 aromatic heterocycles. The molecule has 0 radical (unpaired) electrons. The summed E-state index contributed by atoms with van der Waals surface area (Å²) in [5, 5.41) is 27.2. The van der Waals surface area contributed by atoms with Crippen molar-refractivity contribution in [3.8, 4) is 11.4 Å². The SMILES string of the molecule is CNC(=O)[C@H]1O[C@H](n2cnc3c(NCc4cccc(Cl)c4)nc(-c4cncc(F)c4)nc32)[C@@H](O)[C@@H]1O. The van der Waals surface area contributed by atoms with E-state index >= 15 is 0 Å². The van der Waals surface area contributed by atoms with Crippen molar-refractivity contribution in [3.05, 3.63) is 65.5 Å². The number of pyridine rings is 1. The van der Waals surface area contributed by atoms with Gasteiger partial charge >= 0.3 is 0 Å². The number of hydrogen-bond acceptors (Lipinski definition) is 9. The number of nitrogens with one attached hydrogen (secondary N) is 2. The Morgan fingerprint density at radius 1 is 1.22 bits per heavy atom. The number of nitrogens with zero attached hydrogens (tertiary/aromatic N) is 5. The first-order chi connectivity index (χ1) is 17.4. The third-order valence-corrected chi connectivity index (χ3v) is 5.99. The van der Waals surface area contributed by atoms with Crippen LogP contribution >= 0.6 is 11.6 Å². The minimum Gasteiger partial charge on any atom is -0.387 e. The summed E-state index contributed by atoms with van der Waals surface area (Å²) in [5.41, 5.74) is 1.76.